The number of phenolic OH excluding ortho intramolecular Hbond substituents is 1. The number of ether oxygens (including phenoxy) is 1. The molecule has 0 bridgehead atoms. The number of carboxylic acids is 2. The van der Waals surface area contributed by atoms with E-state index >= 15 is 0 Å². The van der Waals surface area contributed by atoms with E-state index in [9.17, 15) is 24.3 Å². The van der Waals surface area contributed by atoms with Crippen LogP contribution in [0.1, 0.15) is 52.1 Å². The molecular formula is C22H23NO8. The summed E-state index contributed by atoms with van der Waals surface area (Å²) in [6.45, 7) is 3.28. The van der Waals surface area contributed by atoms with E-state index in [1.807, 2.05) is 6.92 Å². The van der Waals surface area contributed by atoms with Crippen LogP contribution in [0.15, 0.2) is 36.4 Å². The van der Waals surface area contributed by atoms with Crippen molar-refractivity contribution in [2.75, 3.05) is 0 Å². The van der Waals surface area contributed by atoms with E-state index in [0.717, 1.165) is 5.56 Å². The lowest BCUT2D eigenvalue weighted by Crippen LogP contribution is -2.42. The molecule has 0 saturated heterocycles. The van der Waals surface area contributed by atoms with Crippen LogP contribution in [0.25, 0.3) is 0 Å². The second-order valence-electron chi connectivity index (χ2n) is 6.84. The molecule has 1 unspecified atom stereocenters. The highest BCUT2D eigenvalue weighted by Crippen LogP contribution is 2.30. The Bertz CT molecular complexity index is 1010. The Labute approximate surface area is 178 Å². The molecule has 0 aromatic heterocycles. The molecule has 31 heavy (non-hydrogen) atoms. The van der Waals surface area contributed by atoms with Crippen molar-refractivity contribution >= 4 is 23.6 Å². The lowest BCUT2D eigenvalue weighted by molar-refractivity contribution is -0.145. The van der Waals surface area contributed by atoms with E-state index in [4.69, 9.17) is 14.9 Å². The van der Waals surface area contributed by atoms with Gasteiger partial charge in [0.2, 0.25) is 0 Å². The van der Waals surface area contributed by atoms with Crippen LogP contribution in [0.5, 0.6) is 11.5 Å². The molecule has 2 aromatic carbocycles. The van der Waals surface area contributed by atoms with Crippen LogP contribution in [0, 0.1) is 0 Å². The van der Waals surface area contributed by atoms with Crippen molar-refractivity contribution in [3.8, 4) is 11.5 Å². The number of hydrogen-bond donors (Lipinski definition) is 4. The average Bonchev–Trinajstić information content (AvgIpc) is 2.71. The molecule has 0 spiro atoms. The van der Waals surface area contributed by atoms with Crippen LogP contribution < -0.4 is 10.1 Å². The zero-order chi connectivity index (χ0) is 23.1. The SMILES string of the molecule is CCc1cc(C(C)=O)c(O)cc1OCc1cccc(C(=O)NC(CC(=O)O)C(=O)O)c1. The number of aromatic hydroxyl groups is 1. The fourth-order valence-electron chi connectivity index (χ4n) is 2.89. The van der Waals surface area contributed by atoms with Gasteiger partial charge >= 0.3 is 11.9 Å². The van der Waals surface area contributed by atoms with Gasteiger partial charge < -0.3 is 25.4 Å². The van der Waals surface area contributed by atoms with E-state index < -0.39 is 30.3 Å². The van der Waals surface area contributed by atoms with Crippen molar-refractivity contribution in [3.63, 3.8) is 0 Å². The summed E-state index contributed by atoms with van der Waals surface area (Å²) < 4.78 is 5.76. The van der Waals surface area contributed by atoms with Crippen molar-refractivity contribution in [1.82, 2.24) is 5.32 Å². The molecule has 1 atom stereocenters. The molecule has 2 aromatic rings. The van der Waals surface area contributed by atoms with E-state index in [1.165, 1.54) is 25.1 Å². The standard InChI is InChI=1S/C22H23NO8/c1-3-14-8-16(12(2)24)18(25)10-19(14)31-11-13-5-4-6-15(7-13)21(28)23-17(22(29)30)9-20(26)27/h4-8,10,17,25H,3,9,11H2,1-2H3,(H,23,28)(H,26,27)(H,29,30). The summed E-state index contributed by atoms with van der Waals surface area (Å²) in [6, 6.07) is 7.62. The van der Waals surface area contributed by atoms with E-state index in [-0.39, 0.29) is 29.3 Å². The number of aliphatic carboxylic acids is 2. The maximum atomic E-state index is 12.3. The summed E-state index contributed by atoms with van der Waals surface area (Å²) in [7, 11) is 0. The molecule has 0 aliphatic rings. The Morgan fingerprint density at radius 1 is 1.10 bits per heavy atom. The summed E-state index contributed by atoms with van der Waals surface area (Å²) in [4.78, 5) is 45.9. The van der Waals surface area contributed by atoms with Crippen molar-refractivity contribution < 1.29 is 39.2 Å². The number of phenols is 1. The molecule has 2 rings (SSSR count). The fourth-order valence-corrected chi connectivity index (χ4v) is 2.89. The van der Waals surface area contributed by atoms with Gasteiger partial charge in [-0.15, -0.1) is 0 Å². The largest absolute Gasteiger partial charge is 0.507 e. The zero-order valence-electron chi connectivity index (χ0n) is 17.0. The van der Waals surface area contributed by atoms with Crippen LogP contribution in [0.3, 0.4) is 0 Å². The van der Waals surface area contributed by atoms with E-state index in [0.29, 0.717) is 17.7 Å². The predicted molar refractivity (Wildman–Crippen MR) is 109 cm³/mol. The van der Waals surface area contributed by atoms with Crippen molar-refractivity contribution in [2.45, 2.75) is 39.3 Å². The Kier molecular flexibility index (Phi) is 7.73. The van der Waals surface area contributed by atoms with Gasteiger partial charge in [0.1, 0.15) is 24.1 Å². The van der Waals surface area contributed by atoms with Crippen LogP contribution >= 0.6 is 0 Å². The number of amides is 1. The Hall–Kier alpha value is -3.88. The fraction of sp³-hybridized carbons (Fsp3) is 0.273. The highest BCUT2D eigenvalue weighted by molar-refractivity contribution is 5.98. The van der Waals surface area contributed by atoms with Gasteiger partial charge in [0.05, 0.1) is 12.0 Å². The summed E-state index contributed by atoms with van der Waals surface area (Å²) >= 11 is 0. The summed E-state index contributed by atoms with van der Waals surface area (Å²) in [5, 5.41) is 30.1. The predicted octanol–water partition coefficient (Wildman–Crippen LogP) is 2.39. The second kappa shape index (κ2) is 10.2. The number of carbonyl (C=O) groups is 4. The third kappa shape index (κ3) is 6.30. The number of carbonyl (C=O) groups excluding carboxylic acids is 2. The maximum Gasteiger partial charge on any atom is 0.326 e. The van der Waals surface area contributed by atoms with Crippen LogP contribution in [0.4, 0.5) is 0 Å². The molecule has 9 heteroatoms. The van der Waals surface area contributed by atoms with Gasteiger partial charge in [-0.25, -0.2) is 4.79 Å². The van der Waals surface area contributed by atoms with Crippen molar-refractivity contribution in [3.05, 3.63) is 58.7 Å². The minimum atomic E-state index is -1.56. The van der Waals surface area contributed by atoms with Crippen molar-refractivity contribution in [2.24, 2.45) is 0 Å². The van der Waals surface area contributed by atoms with Crippen LogP contribution in [0.2, 0.25) is 0 Å². The summed E-state index contributed by atoms with van der Waals surface area (Å²) in [5.74, 6) is -3.58. The van der Waals surface area contributed by atoms with Crippen molar-refractivity contribution in [1.29, 1.82) is 0 Å². The molecule has 0 radical (unpaired) electrons. The van der Waals surface area contributed by atoms with E-state index in [1.54, 1.807) is 18.2 Å². The minimum Gasteiger partial charge on any atom is -0.507 e. The number of ketones is 1. The number of rotatable bonds is 10. The third-order valence-electron chi connectivity index (χ3n) is 4.50. The molecule has 0 heterocycles. The van der Waals surface area contributed by atoms with Gasteiger partial charge in [0.15, 0.2) is 5.78 Å². The molecule has 0 saturated carbocycles. The van der Waals surface area contributed by atoms with Gasteiger partial charge in [-0.1, -0.05) is 19.1 Å². The monoisotopic (exact) mass is 429 g/mol. The quantitative estimate of drug-likeness (QED) is 0.421. The molecule has 1 amide bonds. The first-order valence-electron chi connectivity index (χ1n) is 9.46. The summed E-state index contributed by atoms with van der Waals surface area (Å²) in [6.07, 6.45) is -0.179. The Morgan fingerprint density at radius 3 is 2.39 bits per heavy atom. The van der Waals surface area contributed by atoms with Gasteiger partial charge in [-0.05, 0) is 42.7 Å². The normalized spacial score (nSPS) is 11.4. The van der Waals surface area contributed by atoms with Gasteiger partial charge in [0.25, 0.3) is 5.91 Å². The zero-order valence-corrected chi connectivity index (χ0v) is 17.0. The number of carboxylic acid groups (broad SMARTS) is 2. The molecule has 0 aliphatic carbocycles. The van der Waals surface area contributed by atoms with Gasteiger partial charge in [-0.2, -0.15) is 0 Å². The minimum absolute atomic E-state index is 0.0461. The molecule has 0 aliphatic heterocycles. The molecule has 164 valence electrons. The third-order valence-corrected chi connectivity index (χ3v) is 4.50. The van der Waals surface area contributed by atoms with Crippen LogP contribution in [-0.2, 0) is 22.6 Å². The number of aryl methyl sites for hydroxylation is 1. The van der Waals surface area contributed by atoms with Gasteiger partial charge in [0, 0.05) is 11.6 Å². The topological polar surface area (TPSA) is 150 Å². The molecule has 4 N–H and O–H groups in total. The molecular weight excluding hydrogens is 406 g/mol. The Morgan fingerprint density at radius 2 is 1.81 bits per heavy atom. The number of hydrogen-bond acceptors (Lipinski definition) is 6. The summed E-state index contributed by atoms with van der Waals surface area (Å²) in [5.41, 5.74) is 1.67. The molecule has 9 nitrogen and oxygen atoms in total. The second-order valence-corrected chi connectivity index (χ2v) is 6.84. The first-order chi connectivity index (χ1) is 14.6. The lowest BCUT2D eigenvalue weighted by Gasteiger charge is -2.14. The maximum absolute atomic E-state index is 12.3. The molecule has 0 fully saturated rings. The lowest BCUT2D eigenvalue weighted by atomic mass is 10.0. The average molecular weight is 429 g/mol. The smallest absolute Gasteiger partial charge is 0.326 e. The van der Waals surface area contributed by atoms with E-state index in [2.05, 4.69) is 5.32 Å². The number of nitrogens with one attached hydrogen (secondary N) is 1. The number of benzene rings is 2. The first-order valence-corrected chi connectivity index (χ1v) is 9.46. The highest BCUT2D eigenvalue weighted by atomic mass is 16.5. The Balaban J connectivity index is 2.15. The number of Topliss-reactive ketones (excluding diaryl/α,β-unsaturated/α-hetero) is 1. The first kappa shape index (κ1) is 23.4. The highest BCUT2D eigenvalue weighted by Gasteiger charge is 2.23. The van der Waals surface area contributed by atoms with Gasteiger partial charge in [-0.3, -0.25) is 14.4 Å². The van der Waals surface area contributed by atoms with Crippen LogP contribution in [-0.4, -0.2) is 45.0 Å².